The average molecular weight is 483 g/mol. The summed E-state index contributed by atoms with van der Waals surface area (Å²) in [5, 5.41) is 0. The van der Waals surface area contributed by atoms with Crippen molar-refractivity contribution in [3.63, 3.8) is 0 Å². The molecule has 196 valence electrons. The molecule has 4 nitrogen and oxygen atoms in total. The van der Waals surface area contributed by atoms with Crippen molar-refractivity contribution in [2.45, 2.75) is 117 Å². The van der Waals surface area contributed by atoms with Crippen LogP contribution >= 0.6 is 0 Å². The van der Waals surface area contributed by atoms with Gasteiger partial charge in [-0.05, 0) is 43.0 Å². The summed E-state index contributed by atoms with van der Waals surface area (Å²) in [4.78, 5) is 8.98. The monoisotopic (exact) mass is 482 g/mol. The van der Waals surface area contributed by atoms with Gasteiger partial charge < -0.3 is 9.47 Å². The molecule has 0 fully saturated rings. The first-order valence-corrected chi connectivity index (χ1v) is 14.4. The Morgan fingerprint density at radius 1 is 0.629 bits per heavy atom. The molecule has 2 aromatic rings. The number of benzene rings is 1. The van der Waals surface area contributed by atoms with Crippen molar-refractivity contribution < 1.29 is 9.47 Å². The van der Waals surface area contributed by atoms with Crippen LogP contribution < -0.4 is 9.47 Å². The van der Waals surface area contributed by atoms with E-state index in [1.165, 1.54) is 83.5 Å². The zero-order valence-corrected chi connectivity index (χ0v) is 22.8. The third-order valence-corrected chi connectivity index (χ3v) is 6.81. The maximum Gasteiger partial charge on any atom is 0.159 e. The molecule has 1 unspecified atom stereocenters. The third-order valence-electron chi connectivity index (χ3n) is 6.81. The lowest BCUT2D eigenvalue weighted by Crippen LogP contribution is -1.99. The zero-order valence-electron chi connectivity index (χ0n) is 22.8. The van der Waals surface area contributed by atoms with Crippen LogP contribution in [-0.2, 0) is 0 Å². The van der Waals surface area contributed by atoms with Gasteiger partial charge in [-0.25, -0.2) is 9.97 Å². The molecule has 1 heterocycles. The van der Waals surface area contributed by atoms with E-state index >= 15 is 0 Å². The summed E-state index contributed by atoms with van der Waals surface area (Å²) in [7, 11) is 0. The van der Waals surface area contributed by atoms with E-state index in [-0.39, 0.29) is 0 Å². The summed E-state index contributed by atoms with van der Waals surface area (Å²) >= 11 is 0. The molecule has 35 heavy (non-hydrogen) atoms. The molecule has 1 aromatic heterocycles. The van der Waals surface area contributed by atoms with Gasteiger partial charge in [-0.15, -0.1) is 0 Å². The lowest BCUT2D eigenvalue weighted by atomic mass is 10.0. The van der Waals surface area contributed by atoms with Gasteiger partial charge in [0.15, 0.2) is 11.6 Å². The summed E-state index contributed by atoms with van der Waals surface area (Å²) < 4.78 is 11.7. The highest BCUT2D eigenvalue weighted by Gasteiger charge is 2.04. The van der Waals surface area contributed by atoms with E-state index in [2.05, 4.69) is 30.7 Å². The molecule has 0 saturated heterocycles. The van der Waals surface area contributed by atoms with Gasteiger partial charge in [0.2, 0.25) is 0 Å². The molecule has 0 aliphatic rings. The Bertz CT molecular complexity index is 746. The predicted octanol–water partition coefficient (Wildman–Crippen LogP) is 9.43. The Labute approximate surface area is 215 Å². The maximum absolute atomic E-state index is 5.89. The van der Waals surface area contributed by atoms with Crippen molar-refractivity contribution in [2.75, 3.05) is 13.2 Å². The smallest absolute Gasteiger partial charge is 0.159 e. The minimum atomic E-state index is 0.716. The van der Waals surface area contributed by atoms with Gasteiger partial charge in [-0.3, -0.25) is 0 Å². The van der Waals surface area contributed by atoms with E-state index in [4.69, 9.17) is 9.47 Å². The fourth-order valence-electron chi connectivity index (χ4n) is 4.19. The molecule has 0 radical (unpaired) electrons. The SMILES string of the molecule is CCCCCCCCCCCCOc1cnc(-c2ccc(OCCCCCC(C)CC)cc2)nc1. The highest BCUT2D eigenvalue weighted by Crippen LogP contribution is 2.21. The number of nitrogens with zero attached hydrogens (tertiary/aromatic N) is 2. The standard InChI is InChI=1S/C31H50N2O2/c1-4-6-7-8-9-10-11-12-13-16-24-35-30-25-32-31(33-26-30)28-19-21-29(22-20-28)34-23-17-14-15-18-27(3)5-2/h19-22,25-27H,4-18,23-24H2,1-3H3. The fourth-order valence-corrected chi connectivity index (χ4v) is 4.19. The topological polar surface area (TPSA) is 44.2 Å². The second kappa shape index (κ2) is 19.1. The quantitative estimate of drug-likeness (QED) is 0.166. The Kier molecular flexibility index (Phi) is 15.9. The van der Waals surface area contributed by atoms with Crippen molar-refractivity contribution in [2.24, 2.45) is 5.92 Å². The van der Waals surface area contributed by atoms with Gasteiger partial charge in [0, 0.05) is 5.56 Å². The largest absolute Gasteiger partial charge is 0.494 e. The van der Waals surface area contributed by atoms with Gasteiger partial charge in [-0.2, -0.15) is 0 Å². The average Bonchev–Trinajstić information content (AvgIpc) is 2.90. The molecule has 0 aliphatic heterocycles. The van der Waals surface area contributed by atoms with Crippen LogP contribution in [0.4, 0.5) is 0 Å². The number of ether oxygens (including phenoxy) is 2. The molecular formula is C31H50N2O2. The van der Waals surface area contributed by atoms with Crippen molar-refractivity contribution in [1.29, 1.82) is 0 Å². The normalized spacial score (nSPS) is 12.0. The van der Waals surface area contributed by atoms with Crippen LogP contribution in [0.25, 0.3) is 11.4 Å². The predicted molar refractivity (Wildman–Crippen MR) is 148 cm³/mol. The number of unbranched alkanes of at least 4 members (excludes halogenated alkanes) is 11. The van der Waals surface area contributed by atoms with Crippen LogP contribution in [0, 0.1) is 5.92 Å². The van der Waals surface area contributed by atoms with Crippen molar-refractivity contribution in [3.05, 3.63) is 36.7 Å². The van der Waals surface area contributed by atoms with Crippen LogP contribution in [0.3, 0.4) is 0 Å². The van der Waals surface area contributed by atoms with Crippen molar-refractivity contribution >= 4 is 0 Å². The third kappa shape index (κ3) is 13.5. The highest BCUT2D eigenvalue weighted by atomic mass is 16.5. The van der Waals surface area contributed by atoms with E-state index in [1.807, 2.05) is 24.3 Å². The molecule has 0 bridgehead atoms. The van der Waals surface area contributed by atoms with Crippen molar-refractivity contribution in [1.82, 2.24) is 9.97 Å². The molecule has 1 atom stereocenters. The van der Waals surface area contributed by atoms with Gasteiger partial charge >= 0.3 is 0 Å². The minimum absolute atomic E-state index is 0.716. The number of rotatable bonds is 21. The first-order valence-electron chi connectivity index (χ1n) is 14.4. The van der Waals surface area contributed by atoms with Gasteiger partial charge in [0.1, 0.15) is 5.75 Å². The highest BCUT2D eigenvalue weighted by molar-refractivity contribution is 5.56. The summed E-state index contributed by atoms with van der Waals surface area (Å²) in [5.74, 6) is 3.22. The Morgan fingerprint density at radius 2 is 1.14 bits per heavy atom. The maximum atomic E-state index is 5.89. The molecule has 0 spiro atoms. The Balaban J connectivity index is 1.56. The summed E-state index contributed by atoms with van der Waals surface area (Å²) in [5.41, 5.74) is 0.993. The minimum Gasteiger partial charge on any atom is -0.494 e. The molecule has 0 saturated carbocycles. The number of hydrogen-bond donors (Lipinski definition) is 0. The molecule has 4 heteroatoms. The van der Waals surface area contributed by atoms with E-state index in [0.717, 1.165) is 49.0 Å². The fraction of sp³-hybridized carbons (Fsp3) is 0.677. The lowest BCUT2D eigenvalue weighted by molar-refractivity contribution is 0.302. The molecule has 0 aliphatic carbocycles. The Morgan fingerprint density at radius 3 is 1.71 bits per heavy atom. The number of aromatic nitrogens is 2. The van der Waals surface area contributed by atoms with Gasteiger partial charge in [0.05, 0.1) is 25.6 Å². The van der Waals surface area contributed by atoms with E-state index in [0.29, 0.717) is 5.82 Å². The zero-order chi connectivity index (χ0) is 25.0. The molecule has 1 aromatic carbocycles. The summed E-state index contributed by atoms with van der Waals surface area (Å²) in [6.07, 6.45) is 23.1. The van der Waals surface area contributed by atoms with E-state index < -0.39 is 0 Å². The lowest BCUT2D eigenvalue weighted by Gasteiger charge is -2.09. The first kappa shape index (κ1) is 29.1. The van der Waals surface area contributed by atoms with E-state index in [9.17, 15) is 0 Å². The molecular weight excluding hydrogens is 432 g/mol. The van der Waals surface area contributed by atoms with Crippen LogP contribution in [0.2, 0.25) is 0 Å². The molecule has 2 rings (SSSR count). The first-order chi connectivity index (χ1) is 17.2. The summed E-state index contributed by atoms with van der Waals surface area (Å²) in [6.45, 7) is 8.39. The van der Waals surface area contributed by atoms with Crippen LogP contribution in [0.5, 0.6) is 11.5 Å². The van der Waals surface area contributed by atoms with Crippen molar-refractivity contribution in [3.8, 4) is 22.9 Å². The van der Waals surface area contributed by atoms with Crippen LogP contribution in [-0.4, -0.2) is 23.2 Å². The number of hydrogen-bond acceptors (Lipinski definition) is 4. The van der Waals surface area contributed by atoms with Gasteiger partial charge in [0.25, 0.3) is 0 Å². The summed E-state index contributed by atoms with van der Waals surface area (Å²) in [6, 6.07) is 8.07. The molecule has 0 amide bonds. The van der Waals surface area contributed by atoms with Gasteiger partial charge in [-0.1, -0.05) is 104 Å². The van der Waals surface area contributed by atoms with Crippen LogP contribution in [0.15, 0.2) is 36.7 Å². The van der Waals surface area contributed by atoms with Crippen LogP contribution in [0.1, 0.15) is 117 Å². The second-order valence-electron chi connectivity index (χ2n) is 10.0. The van der Waals surface area contributed by atoms with E-state index in [1.54, 1.807) is 12.4 Å². The Hall–Kier alpha value is -2.10. The molecule has 0 N–H and O–H groups in total. The second-order valence-corrected chi connectivity index (χ2v) is 10.0.